The molecule has 0 bridgehead atoms. The van der Waals surface area contributed by atoms with Crippen LogP contribution in [0.2, 0.25) is 0 Å². The van der Waals surface area contributed by atoms with Gasteiger partial charge in [-0.2, -0.15) is 0 Å². The summed E-state index contributed by atoms with van der Waals surface area (Å²) < 4.78 is 35.5. The van der Waals surface area contributed by atoms with Gasteiger partial charge in [-0.1, -0.05) is 0 Å². The number of aliphatic hydroxyl groups is 6. The lowest BCUT2D eigenvalue weighted by Crippen LogP contribution is -2.64. The van der Waals surface area contributed by atoms with E-state index in [1.165, 1.54) is 0 Å². The third kappa shape index (κ3) is 6.57. The maximum atomic E-state index is 11.7. The van der Waals surface area contributed by atoms with Crippen molar-refractivity contribution in [3.05, 3.63) is 0 Å². The van der Waals surface area contributed by atoms with E-state index in [9.17, 15) is 34.4 Å². The van der Waals surface area contributed by atoms with Crippen LogP contribution in [0.5, 0.6) is 0 Å². The van der Waals surface area contributed by atoms with Gasteiger partial charge in [-0.25, -0.2) is 9.13 Å². The molecular weight excluding hydrogens is 394 g/mol. The monoisotopic (exact) mass is 414 g/mol. The summed E-state index contributed by atoms with van der Waals surface area (Å²) in [5.74, 6) is 0. The van der Waals surface area contributed by atoms with Gasteiger partial charge < -0.3 is 45.3 Å². The van der Waals surface area contributed by atoms with Crippen LogP contribution >= 0.6 is 15.6 Å². The van der Waals surface area contributed by atoms with Crippen molar-refractivity contribution < 1.29 is 68.0 Å². The molecule has 1 rings (SSSR count). The number of rotatable bonds is 8. The minimum atomic E-state index is -5.25. The van der Waals surface area contributed by atoms with Crippen molar-refractivity contribution in [2.45, 2.75) is 42.7 Å². The summed E-state index contributed by atoms with van der Waals surface area (Å²) in [6.07, 6.45) is -14.6. The van der Waals surface area contributed by atoms with E-state index in [1.54, 1.807) is 0 Å². The second-order valence-electron chi connectivity index (χ2n) is 5.19. The highest BCUT2D eigenvalue weighted by Crippen LogP contribution is 2.48. The molecule has 14 nitrogen and oxygen atoms in total. The molecule has 0 spiro atoms. The van der Waals surface area contributed by atoms with Crippen LogP contribution in [0.1, 0.15) is 0 Å². The molecule has 9 N–H and O–H groups in total. The zero-order chi connectivity index (χ0) is 19.6. The smallest absolute Gasteiger partial charge is 0.394 e. The van der Waals surface area contributed by atoms with Gasteiger partial charge in [0.25, 0.3) is 0 Å². The van der Waals surface area contributed by atoms with Gasteiger partial charge in [0, 0.05) is 0 Å². The summed E-state index contributed by atoms with van der Waals surface area (Å²) in [5, 5.41) is 56.6. The van der Waals surface area contributed by atoms with Gasteiger partial charge >= 0.3 is 15.6 Å². The molecule has 1 unspecified atom stereocenters. The van der Waals surface area contributed by atoms with Gasteiger partial charge in [-0.15, -0.1) is 0 Å². The van der Waals surface area contributed by atoms with Crippen molar-refractivity contribution in [3.63, 3.8) is 0 Å². The third-order valence-corrected chi connectivity index (χ3v) is 4.70. The van der Waals surface area contributed by atoms with E-state index in [-0.39, 0.29) is 0 Å². The molecule has 150 valence electrons. The Morgan fingerprint density at radius 1 is 0.840 bits per heavy atom. The summed E-state index contributed by atoms with van der Waals surface area (Å²) in [4.78, 5) is 27.0. The van der Waals surface area contributed by atoms with Crippen molar-refractivity contribution in [1.82, 2.24) is 0 Å². The molecule has 8 atom stereocenters. The van der Waals surface area contributed by atoms with Gasteiger partial charge in [0.05, 0.1) is 13.2 Å². The van der Waals surface area contributed by atoms with Crippen LogP contribution in [0.25, 0.3) is 0 Å². The summed E-state index contributed by atoms with van der Waals surface area (Å²) >= 11 is 0. The first-order valence-electron chi connectivity index (χ1n) is 6.70. The fraction of sp³-hybridized carbons (Fsp3) is 1.00. The summed E-state index contributed by atoms with van der Waals surface area (Å²) in [6.45, 7) is -1.67. The van der Waals surface area contributed by atoms with E-state index in [1.807, 2.05) is 0 Å². The molecular formula is C9H20O14P2. The van der Waals surface area contributed by atoms with Crippen LogP contribution in [0.4, 0.5) is 0 Å². The van der Waals surface area contributed by atoms with Gasteiger partial charge in [-0.05, 0) is 0 Å². The normalized spacial score (nSPS) is 37.5. The van der Waals surface area contributed by atoms with Gasteiger partial charge in [0.15, 0.2) is 0 Å². The lowest BCUT2D eigenvalue weighted by Gasteiger charge is -2.43. The van der Waals surface area contributed by atoms with Crippen molar-refractivity contribution in [2.75, 3.05) is 13.2 Å². The first-order chi connectivity index (χ1) is 11.3. The van der Waals surface area contributed by atoms with E-state index in [0.717, 1.165) is 0 Å². The van der Waals surface area contributed by atoms with Gasteiger partial charge in [0.2, 0.25) is 0 Å². The van der Waals surface area contributed by atoms with Crippen LogP contribution in [0, 0.1) is 0 Å². The fourth-order valence-corrected chi connectivity index (χ4v) is 3.55. The SMILES string of the molecule is O=P(O)(O)O[C@H]1[C@H](O)[C@@H](OP(=O)(O)OC[C@H](O)CO)[C@H](O)[C@H](O)[C@@H]1O. The van der Waals surface area contributed by atoms with E-state index in [4.69, 9.17) is 20.0 Å². The highest BCUT2D eigenvalue weighted by Gasteiger charge is 2.54. The van der Waals surface area contributed by atoms with Crippen LogP contribution in [-0.4, -0.2) is 101 Å². The maximum absolute atomic E-state index is 11.7. The Hall–Kier alpha value is -0.0200. The topological polar surface area (TPSA) is 244 Å². The molecule has 0 aliphatic heterocycles. The largest absolute Gasteiger partial charge is 0.472 e. The molecule has 0 heterocycles. The zero-order valence-corrected chi connectivity index (χ0v) is 14.2. The predicted octanol–water partition coefficient (Wildman–Crippen LogP) is -4.22. The first kappa shape index (κ1) is 23.0. The number of aliphatic hydroxyl groups excluding tert-OH is 6. The molecule has 0 aromatic heterocycles. The summed E-state index contributed by atoms with van der Waals surface area (Å²) in [6, 6.07) is 0. The third-order valence-electron chi connectivity index (χ3n) is 3.20. The Morgan fingerprint density at radius 3 is 1.76 bits per heavy atom. The molecule has 1 aliphatic rings. The van der Waals surface area contributed by atoms with Crippen molar-refractivity contribution in [1.29, 1.82) is 0 Å². The Bertz CT molecular complexity index is 522. The molecule has 16 heteroatoms. The molecule has 25 heavy (non-hydrogen) atoms. The van der Waals surface area contributed by atoms with Crippen LogP contribution < -0.4 is 0 Å². The molecule has 0 aromatic rings. The van der Waals surface area contributed by atoms with E-state index < -0.39 is 71.6 Å². The molecule has 0 saturated heterocycles. The highest BCUT2D eigenvalue weighted by atomic mass is 31.2. The molecule has 0 amide bonds. The number of phosphoric ester groups is 2. The number of hydrogen-bond acceptors (Lipinski definition) is 11. The minimum absolute atomic E-state index is 0.808. The van der Waals surface area contributed by atoms with Crippen molar-refractivity contribution in [3.8, 4) is 0 Å². The maximum Gasteiger partial charge on any atom is 0.472 e. The van der Waals surface area contributed by atoms with E-state index >= 15 is 0 Å². The quantitative estimate of drug-likeness (QED) is 0.171. The van der Waals surface area contributed by atoms with Crippen molar-refractivity contribution >= 4 is 15.6 Å². The van der Waals surface area contributed by atoms with Crippen LogP contribution in [0.15, 0.2) is 0 Å². The number of phosphoric acid groups is 2. The molecule has 1 saturated carbocycles. The fourth-order valence-electron chi connectivity index (χ4n) is 2.01. The molecule has 0 radical (unpaired) electrons. The lowest BCUT2D eigenvalue weighted by atomic mass is 9.85. The Kier molecular flexibility index (Phi) is 8.08. The van der Waals surface area contributed by atoms with E-state index in [0.29, 0.717) is 0 Å². The summed E-state index contributed by atoms with van der Waals surface area (Å²) in [7, 11) is -10.3. The Morgan fingerprint density at radius 2 is 1.32 bits per heavy atom. The zero-order valence-electron chi connectivity index (χ0n) is 12.4. The molecule has 1 fully saturated rings. The van der Waals surface area contributed by atoms with Crippen LogP contribution in [0.3, 0.4) is 0 Å². The molecule has 0 aromatic carbocycles. The standard InChI is InChI=1S/C9H20O14P2/c10-1-3(11)2-21-25(19,20)23-9-6(14)4(12)5(13)8(7(9)15)22-24(16,17)18/h3-15H,1-2H2,(H,19,20)(H2,16,17,18)/t3-,4-,5+,6-,7+,8-,9+/m1/s1. The summed E-state index contributed by atoms with van der Waals surface area (Å²) in [5.41, 5.74) is 0. The van der Waals surface area contributed by atoms with E-state index in [2.05, 4.69) is 13.6 Å². The minimum Gasteiger partial charge on any atom is -0.394 e. The van der Waals surface area contributed by atoms with Crippen LogP contribution in [-0.2, 0) is 22.7 Å². The second-order valence-corrected chi connectivity index (χ2v) is 7.79. The highest BCUT2D eigenvalue weighted by molar-refractivity contribution is 7.47. The second kappa shape index (κ2) is 8.78. The van der Waals surface area contributed by atoms with Crippen molar-refractivity contribution in [2.24, 2.45) is 0 Å². The van der Waals surface area contributed by atoms with Gasteiger partial charge in [0.1, 0.15) is 42.7 Å². The average molecular weight is 414 g/mol. The Balaban J connectivity index is 2.92. The predicted molar refractivity (Wildman–Crippen MR) is 74.7 cm³/mol. The number of hydrogen-bond donors (Lipinski definition) is 9. The lowest BCUT2D eigenvalue weighted by molar-refractivity contribution is -0.216. The Labute approximate surface area is 140 Å². The first-order valence-corrected chi connectivity index (χ1v) is 9.72. The average Bonchev–Trinajstić information content (AvgIpc) is 2.50. The van der Waals surface area contributed by atoms with Gasteiger partial charge in [-0.3, -0.25) is 13.6 Å². The molecule has 1 aliphatic carbocycles.